The van der Waals surface area contributed by atoms with E-state index in [2.05, 4.69) is 40.0 Å². The standard InChI is InChI=1S/C19H24N4O.ClH/c1-23-12-15(9-21-23)17-10-20-11-18(17)19(24)22-16-7-6-13-4-2-3-5-14(13)8-16;/h2-5,9,12,16-18,20H,6-8,10-11H2,1H3,(H,22,24);1H/t16?,17-,18+;/m1./s1. The molecule has 1 saturated heterocycles. The fourth-order valence-corrected chi connectivity index (χ4v) is 4.07. The molecular formula is C19H25ClN4O. The summed E-state index contributed by atoms with van der Waals surface area (Å²) in [4.78, 5) is 12.8. The molecule has 2 aromatic rings. The predicted molar refractivity (Wildman–Crippen MR) is 100.0 cm³/mol. The second-order valence-corrected chi connectivity index (χ2v) is 7.04. The molecule has 25 heavy (non-hydrogen) atoms. The normalized spacial score (nSPS) is 25.1. The summed E-state index contributed by atoms with van der Waals surface area (Å²) in [5.41, 5.74) is 3.96. The molecule has 0 bridgehead atoms. The van der Waals surface area contributed by atoms with Crippen molar-refractivity contribution in [1.82, 2.24) is 20.4 Å². The summed E-state index contributed by atoms with van der Waals surface area (Å²) in [6.45, 7) is 1.59. The minimum absolute atomic E-state index is 0. The summed E-state index contributed by atoms with van der Waals surface area (Å²) in [5.74, 6) is 0.388. The van der Waals surface area contributed by atoms with E-state index in [1.54, 1.807) is 4.68 Å². The third-order valence-electron chi connectivity index (χ3n) is 5.40. The predicted octanol–water partition coefficient (Wildman–Crippen LogP) is 1.82. The van der Waals surface area contributed by atoms with E-state index in [9.17, 15) is 4.79 Å². The van der Waals surface area contributed by atoms with E-state index < -0.39 is 0 Å². The van der Waals surface area contributed by atoms with Crippen molar-refractivity contribution in [2.45, 2.75) is 31.2 Å². The quantitative estimate of drug-likeness (QED) is 0.877. The van der Waals surface area contributed by atoms with Gasteiger partial charge in [-0.05, 0) is 36.0 Å². The lowest BCUT2D eigenvalue weighted by Gasteiger charge is -2.27. The van der Waals surface area contributed by atoms with Crippen molar-refractivity contribution >= 4 is 18.3 Å². The topological polar surface area (TPSA) is 59.0 Å². The Kier molecular flexibility index (Phi) is 5.45. The van der Waals surface area contributed by atoms with Crippen molar-refractivity contribution in [1.29, 1.82) is 0 Å². The highest BCUT2D eigenvalue weighted by molar-refractivity contribution is 5.85. The van der Waals surface area contributed by atoms with Crippen LogP contribution in [0.3, 0.4) is 0 Å². The van der Waals surface area contributed by atoms with Crippen molar-refractivity contribution < 1.29 is 4.79 Å². The minimum atomic E-state index is -0.00799. The average molecular weight is 361 g/mol. The highest BCUT2D eigenvalue weighted by Gasteiger charge is 2.35. The maximum Gasteiger partial charge on any atom is 0.225 e. The lowest BCUT2D eigenvalue weighted by molar-refractivity contribution is -0.125. The van der Waals surface area contributed by atoms with Crippen LogP contribution in [0.4, 0.5) is 0 Å². The molecule has 4 rings (SSSR count). The van der Waals surface area contributed by atoms with Gasteiger partial charge < -0.3 is 10.6 Å². The number of hydrogen-bond donors (Lipinski definition) is 2. The molecule has 134 valence electrons. The molecule has 1 fully saturated rings. The van der Waals surface area contributed by atoms with Crippen LogP contribution in [-0.2, 0) is 24.7 Å². The first-order chi connectivity index (χ1) is 11.7. The molecule has 2 aliphatic rings. The molecule has 5 nitrogen and oxygen atoms in total. The Morgan fingerprint density at radius 2 is 2.08 bits per heavy atom. The van der Waals surface area contributed by atoms with Gasteiger partial charge in [-0.2, -0.15) is 5.10 Å². The molecule has 2 N–H and O–H groups in total. The van der Waals surface area contributed by atoms with Gasteiger partial charge >= 0.3 is 0 Å². The van der Waals surface area contributed by atoms with Crippen LogP contribution in [0.15, 0.2) is 36.7 Å². The molecule has 2 heterocycles. The van der Waals surface area contributed by atoms with Crippen molar-refractivity contribution in [2.24, 2.45) is 13.0 Å². The SMILES string of the molecule is Cl.Cn1cc([C@H]2CNC[C@@H]2C(=O)NC2CCc3ccccc3C2)cn1. The van der Waals surface area contributed by atoms with Crippen LogP contribution in [0.2, 0.25) is 0 Å². The van der Waals surface area contributed by atoms with E-state index in [-0.39, 0.29) is 36.2 Å². The Bertz CT molecular complexity index is 745. The molecule has 0 spiro atoms. The van der Waals surface area contributed by atoms with Gasteiger partial charge in [-0.3, -0.25) is 9.48 Å². The first-order valence-corrected chi connectivity index (χ1v) is 8.77. The van der Waals surface area contributed by atoms with Crippen LogP contribution < -0.4 is 10.6 Å². The maximum absolute atomic E-state index is 12.8. The molecule has 1 aromatic heterocycles. The molecule has 6 heteroatoms. The Morgan fingerprint density at radius 1 is 1.28 bits per heavy atom. The Morgan fingerprint density at radius 3 is 2.84 bits per heavy atom. The zero-order valence-corrected chi connectivity index (χ0v) is 15.3. The van der Waals surface area contributed by atoms with Crippen LogP contribution in [0, 0.1) is 5.92 Å². The van der Waals surface area contributed by atoms with Gasteiger partial charge in [0, 0.05) is 38.3 Å². The zero-order valence-electron chi connectivity index (χ0n) is 14.4. The van der Waals surface area contributed by atoms with E-state index in [1.165, 1.54) is 11.1 Å². The molecule has 1 aliphatic carbocycles. The Balaban J connectivity index is 0.00000182. The van der Waals surface area contributed by atoms with Crippen LogP contribution in [0.1, 0.15) is 29.0 Å². The summed E-state index contributed by atoms with van der Waals surface area (Å²) in [7, 11) is 1.92. The smallest absolute Gasteiger partial charge is 0.225 e. The Hall–Kier alpha value is -1.85. The highest BCUT2D eigenvalue weighted by atomic mass is 35.5. The number of carbonyl (C=O) groups is 1. The molecule has 1 amide bonds. The molecular weight excluding hydrogens is 336 g/mol. The first kappa shape index (κ1) is 18.0. The second-order valence-electron chi connectivity index (χ2n) is 7.04. The monoisotopic (exact) mass is 360 g/mol. The lowest BCUT2D eigenvalue weighted by atomic mass is 9.86. The number of aryl methyl sites for hydroxylation is 2. The number of nitrogens with zero attached hydrogens (tertiary/aromatic N) is 2. The second kappa shape index (κ2) is 7.58. The highest BCUT2D eigenvalue weighted by Crippen LogP contribution is 2.29. The van der Waals surface area contributed by atoms with Gasteiger partial charge in [0.25, 0.3) is 0 Å². The largest absolute Gasteiger partial charge is 0.353 e. The molecule has 1 aliphatic heterocycles. The number of amides is 1. The van der Waals surface area contributed by atoms with E-state index in [0.717, 1.165) is 37.9 Å². The van der Waals surface area contributed by atoms with Gasteiger partial charge in [0.15, 0.2) is 0 Å². The number of nitrogens with one attached hydrogen (secondary N) is 2. The van der Waals surface area contributed by atoms with Crippen molar-refractivity contribution in [3.05, 3.63) is 53.3 Å². The van der Waals surface area contributed by atoms with Gasteiger partial charge in [0.1, 0.15) is 0 Å². The zero-order chi connectivity index (χ0) is 16.5. The van der Waals surface area contributed by atoms with E-state index >= 15 is 0 Å². The van der Waals surface area contributed by atoms with E-state index in [0.29, 0.717) is 0 Å². The van der Waals surface area contributed by atoms with Gasteiger partial charge in [-0.15, -0.1) is 12.4 Å². The fourth-order valence-electron chi connectivity index (χ4n) is 4.07. The number of rotatable bonds is 3. The van der Waals surface area contributed by atoms with E-state index in [1.807, 2.05) is 19.4 Å². The number of benzene rings is 1. The number of hydrogen-bond acceptors (Lipinski definition) is 3. The fraction of sp³-hybridized carbons (Fsp3) is 0.474. The van der Waals surface area contributed by atoms with Gasteiger partial charge in [-0.1, -0.05) is 24.3 Å². The van der Waals surface area contributed by atoms with Gasteiger partial charge in [0.2, 0.25) is 5.91 Å². The lowest BCUT2D eigenvalue weighted by Crippen LogP contribution is -2.43. The summed E-state index contributed by atoms with van der Waals surface area (Å²) in [6, 6.07) is 8.82. The number of carbonyl (C=O) groups excluding carboxylic acids is 1. The number of aromatic nitrogens is 2. The van der Waals surface area contributed by atoms with E-state index in [4.69, 9.17) is 0 Å². The molecule has 0 saturated carbocycles. The third kappa shape index (κ3) is 3.72. The van der Waals surface area contributed by atoms with Crippen molar-refractivity contribution in [2.75, 3.05) is 13.1 Å². The molecule has 1 unspecified atom stereocenters. The van der Waals surface area contributed by atoms with Gasteiger partial charge in [-0.25, -0.2) is 0 Å². The van der Waals surface area contributed by atoms with Crippen LogP contribution in [0.25, 0.3) is 0 Å². The molecule has 1 aromatic carbocycles. The summed E-state index contributed by atoms with van der Waals surface area (Å²) < 4.78 is 1.81. The first-order valence-electron chi connectivity index (χ1n) is 8.77. The third-order valence-corrected chi connectivity index (χ3v) is 5.40. The summed E-state index contributed by atoms with van der Waals surface area (Å²) >= 11 is 0. The maximum atomic E-state index is 12.8. The van der Waals surface area contributed by atoms with Crippen LogP contribution in [0.5, 0.6) is 0 Å². The molecule has 0 radical (unpaired) electrons. The number of fused-ring (bicyclic) bond motifs is 1. The minimum Gasteiger partial charge on any atom is -0.353 e. The van der Waals surface area contributed by atoms with Crippen LogP contribution >= 0.6 is 12.4 Å². The van der Waals surface area contributed by atoms with Crippen LogP contribution in [-0.4, -0.2) is 34.8 Å². The number of halogens is 1. The van der Waals surface area contributed by atoms with Crippen molar-refractivity contribution in [3.63, 3.8) is 0 Å². The van der Waals surface area contributed by atoms with Crippen molar-refractivity contribution in [3.8, 4) is 0 Å². The van der Waals surface area contributed by atoms with Gasteiger partial charge in [0.05, 0.1) is 12.1 Å². The molecule has 3 atom stereocenters. The Labute approximate surface area is 154 Å². The summed E-state index contributed by atoms with van der Waals surface area (Å²) in [5, 5.41) is 10.9. The summed E-state index contributed by atoms with van der Waals surface area (Å²) in [6.07, 6.45) is 6.93. The average Bonchev–Trinajstić information content (AvgIpc) is 3.23.